The van der Waals surface area contributed by atoms with E-state index in [1.165, 1.54) is 23.1 Å². The molecule has 0 fully saturated rings. The van der Waals surface area contributed by atoms with Gasteiger partial charge < -0.3 is 20.1 Å². The number of thioether (sulfide) groups is 1. The van der Waals surface area contributed by atoms with Gasteiger partial charge in [-0.3, -0.25) is 14.4 Å². The summed E-state index contributed by atoms with van der Waals surface area (Å²) in [6.07, 6.45) is 0.668. The van der Waals surface area contributed by atoms with Crippen molar-refractivity contribution in [2.24, 2.45) is 0 Å². The second-order valence-electron chi connectivity index (χ2n) is 7.34. The Hall–Kier alpha value is -3.37. The highest BCUT2D eigenvalue weighted by Gasteiger charge is 2.20. The number of hydrogen-bond donors (Lipinski definition) is 2. The predicted molar refractivity (Wildman–Crippen MR) is 138 cm³/mol. The third-order valence-electron chi connectivity index (χ3n) is 4.80. The molecule has 0 saturated heterocycles. The lowest BCUT2D eigenvalue weighted by atomic mass is 10.2. The van der Waals surface area contributed by atoms with Crippen LogP contribution in [-0.2, 0) is 20.7 Å². The fourth-order valence-corrected chi connectivity index (χ4v) is 4.80. The van der Waals surface area contributed by atoms with Gasteiger partial charge in [-0.25, -0.2) is 4.98 Å². The molecule has 2 aromatic carbocycles. The van der Waals surface area contributed by atoms with Crippen molar-refractivity contribution >= 4 is 51.7 Å². The fraction of sp³-hybridized carbons (Fsp3) is 0.280. The van der Waals surface area contributed by atoms with Crippen molar-refractivity contribution in [1.82, 2.24) is 4.98 Å². The molecule has 0 radical (unpaired) electrons. The van der Waals surface area contributed by atoms with Gasteiger partial charge in [-0.05, 0) is 55.8 Å². The average Bonchev–Trinajstić information content (AvgIpc) is 3.29. The number of anilines is 2. The largest absolute Gasteiger partial charge is 0.497 e. The lowest BCUT2D eigenvalue weighted by Gasteiger charge is -2.14. The first-order valence-electron chi connectivity index (χ1n) is 11.0. The Morgan fingerprint density at radius 1 is 1.09 bits per heavy atom. The van der Waals surface area contributed by atoms with E-state index in [0.717, 1.165) is 4.90 Å². The van der Waals surface area contributed by atoms with E-state index in [4.69, 9.17) is 9.47 Å². The van der Waals surface area contributed by atoms with Gasteiger partial charge in [0.05, 0.1) is 31.1 Å². The molecule has 1 heterocycles. The van der Waals surface area contributed by atoms with Gasteiger partial charge >= 0.3 is 5.97 Å². The third kappa shape index (κ3) is 7.83. The van der Waals surface area contributed by atoms with E-state index in [1.54, 1.807) is 49.7 Å². The van der Waals surface area contributed by atoms with Crippen LogP contribution in [0.2, 0.25) is 0 Å². The summed E-state index contributed by atoms with van der Waals surface area (Å²) in [5.41, 5.74) is 1.71. The Labute approximate surface area is 212 Å². The van der Waals surface area contributed by atoms with Crippen LogP contribution in [0.5, 0.6) is 5.75 Å². The molecule has 1 unspecified atom stereocenters. The van der Waals surface area contributed by atoms with Crippen LogP contribution in [0.3, 0.4) is 0 Å². The van der Waals surface area contributed by atoms with Crippen molar-refractivity contribution in [1.29, 1.82) is 0 Å². The molecule has 0 bridgehead atoms. The second-order valence-corrected chi connectivity index (χ2v) is 9.47. The van der Waals surface area contributed by atoms with Gasteiger partial charge in [-0.1, -0.05) is 13.0 Å². The molecule has 2 amide bonds. The molecular weight excluding hydrogens is 486 g/mol. The normalized spacial score (nSPS) is 11.4. The Morgan fingerprint density at radius 2 is 1.86 bits per heavy atom. The van der Waals surface area contributed by atoms with Crippen molar-refractivity contribution in [3.05, 3.63) is 65.2 Å². The Morgan fingerprint density at radius 3 is 2.54 bits per heavy atom. The molecular formula is C25H27N3O5S2. The van der Waals surface area contributed by atoms with E-state index in [2.05, 4.69) is 15.6 Å². The quantitative estimate of drug-likeness (QED) is 0.274. The number of ether oxygens (including phenoxy) is 2. The van der Waals surface area contributed by atoms with Crippen LogP contribution in [-0.4, -0.2) is 41.7 Å². The minimum atomic E-state index is -0.361. The summed E-state index contributed by atoms with van der Waals surface area (Å²) in [6, 6.07) is 14.2. The molecule has 0 aliphatic heterocycles. The summed E-state index contributed by atoms with van der Waals surface area (Å²) in [5.74, 6) is -0.0855. The average molecular weight is 514 g/mol. The monoisotopic (exact) mass is 513 g/mol. The summed E-state index contributed by atoms with van der Waals surface area (Å²) in [6.45, 7) is 3.99. The summed E-state index contributed by atoms with van der Waals surface area (Å²) >= 11 is 2.67. The molecule has 0 aliphatic rings. The van der Waals surface area contributed by atoms with Gasteiger partial charge in [0.25, 0.3) is 5.91 Å². The maximum absolute atomic E-state index is 12.8. The number of thiazole rings is 1. The van der Waals surface area contributed by atoms with Crippen LogP contribution in [0.4, 0.5) is 10.8 Å². The van der Waals surface area contributed by atoms with Gasteiger partial charge in [0.1, 0.15) is 5.75 Å². The van der Waals surface area contributed by atoms with Crippen molar-refractivity contribution in [2.45, 2.75) is 36.8 Å². The van der Waals surface area contributed by atoms with E-state index in [-0.39, 0.29) is 29.5 Å². The van der Waals surface area contributed by atoms with Crippen molar-refractivity contribution in [2.75, 3.05) is 24.4 Å². The maximum Gasteiger partial charge on any atom is 0.311 e. The first kappa shape index (κ1) is 26.2. The van der Waals surface area contributed by atoms with Crippen LogP contribution in [0.15, 0.2) is 58.8 Å². The Kier molecular flexibility index (Phi) is 9.68. The zero-order valence-electron chi connectivity index (χ0n) is 19.7. The molecule has 184 valence electrons. The number of aromatic nitrogens is 1. The standard InChI is InChI=1S/C25H27N3O5S2/c1-4-21(24(31)28-25-27-18(15-34-25)14-22(29)33-5-2)35-20-8-6-7-17(13-20)26-23(30)16-9-11-19(32-3)12-10-16/h6-13,15,21H,4-5,14H2,1-3H3,(H,26,30)(H,27,28,31). The third-order valence-corrected chi connectivity index (χ3v) is 6.96. The topological polar surface area (TPSA) is 107 Å². The molecule has 2 N–H and O–H groups in total. The fourth-order valence-electron chi connectivity index (χ4n) is 3.07. The summed E-state index contributed by atoms with van der Waals surface area (Å²) in [5, 5.41) is 7.53. The van der Waals surface area contributed by atoms with Gasteiger partial charge in [-0.2, -0.15) is 0 Å². The number of nitrogens with one attached hydrogen (secondary N) is 2. The molecule has 3 rings (SSSR count). The molecule has 0 saturated carbocycles. The first-order chi connectivity index (χ1) is 16.9. The van der Waals surface area contributed by atoms with Gasteiger partial charge in [0.2, 0.25) is 5.91 Å². The van der Waals surface area contributed by atoms with Crippen molar-refractivity contribution in [3.63, 3.8) is 0 Å². The molecule has 0 spiro atoms. The number of benzene rings is 2. The van der Waals surface area contributed by atoms with Gasteiger partial charge in [0.15, 0.2) is 5.13 Å². The van der Waals surface area contributed by atoms with Crippen molar-refractivity contribution < 1.29 is 23.9 Å². The summed E-state index contributed by atoms with van der Waals surface area (Å²) in [7, 11) is 1.57. The first-order valence-corrected chi connectivity index (χ1v) is 12.8. The minimum Gasteiger partial charge on any atom is -0.497 e. The van der Waals surface area contributed by atoms with E-state index in [9.17, 15) is 14.4 Å². The highest BCUT2D eigenvalue weighted by Crippen LogP contribution is 2.29. The smallest absolute Gasteiger partial charge is 0.311 e. The number of carbonyl (C=O) groups is 3. The van der Waals surface area contributed by atoms with Crippen LogP contribution in [0.1, 0.15) is 36.3 Å². The second kappa shape index (κ2) is 12.9. The van der Waals surface area contributed by atoms with Crippen LogP contribution < -0.4 is 15.4 Å². The number of esters is 1. The van der Waals surface area contributed by atoms with Gasteiger partial charge in [-0.15, -0.1) is 23.1 Å². The minimum absolute atomic E-state index is 0.0706. The van der Waals surface area contributed by atoms with Gasteiger partial charge in [0, 0.05) is 21.5 Å². The predicted octanol–water partition coefficient (Wildman–Crippen LogP) is 5.02. The summed E-state index contributed by atoms with van der Waals surface area (Å²) < 4.78 is 10.1. The van der Waals surface area contributed by atoms with E-state index in [0.29, 0.717) is 40.9 Å². The Bertz CT molecular complexity index is 1160. The lowest BCUT2D eigenvalue weighted by molar-refractivity contribution is -0.142. The molecule has 35 heavy (non-hydrogen) atoms. The zero-order valence-corrected chi connectivity index (χ0v) is 21.3. The van der Waals surface area contributed by atoms with E-state index < -0.39 is 0 Å². The number of nitrogens with zero attached hydrogens (tertiary/aromatic N) is 1. The molecule has 3 aromatic rings. The number of amides is 2. The zero-order chi connectivity index (χ0) is 25.2. The van der Waals surface area contributed by atoms with Crippen LogP contribution in [0.25, 0.3) is 0 Å². The number of carbonyl (C=O) groups excluding carboxylic acids is 3. The molecule has 1 atom stereocenters. The van der Waals surface area contributed by atoms with E-state index >= 15 is 0 Å². The number of methoxy groups -OCH3 is 1. The maximum atomic E-state index is 12.8. The summed E-state index contributed by atoms with van der Waals surface area (Å²) in [4.78, 5) is 42.2. The van der Waals surface area contributed by atoms with Crippen LogP contribution in [0, 0.1) is 0 Å². The molecule has 0 aliphatic carbocycles. The highest BCUT2D eigenvalue weighted by atomic mass is 32.2. The molecule has 1 aromatic heterocycles. The van der Waals surface area contributed by atoms with E-state index in [1.807, 2.05) is 25.1 Å². The number of rotatable bonds is 11. The number of hydrogen-bond acceptors (Lipinski definition) is 8. The molecule has 10 heteroatoms. The lowest BCUT2D eigenvalue weighted by Crippen LogP contribution is -2.24. The van der Waals surface area contributed by atoms with Crippen molar-refractivity contribution in [3.8, 4) is 5.75 Å². The Balaban J connectivity index is 1.59. The molecule has 8 nitrogen and oxygen atoms in total. The van der Waals surface area contributed by atoms with Crippen LogP contribution >= 0.6 is 23.1 Å². The highest BCUT2D eigenvalue weighted by molar-refractivity contribution is 8.00. The SMILES string of the molecule is CCOC(=O)Cc1csc(NC(=O)C(CC)Sc2cccc(NC(=O)c3ccc(OC)cc3)c2)n1.